The maximum absolute atomic E-state index is 6.23. The van der Waals surface area contributed by atoms with Crippen LogP contribution >= 0.6 is 11.6 Å². The molecule has 0 atom stereocenters. The lowest BCUT2D eigenvalue weighted by molar-refractivity contribution is 0.297. The first-order valence-electron chi connectivity index (χ1n) is 6.11. The van der Waals surface area contributed by atoms with Crippen molar-refractivity contribution in [3.8, 4) is 11.5 Å². The summed E-state index contributed by atoms with van der Waals surface area (Å²) in [6.07, 6.45) is 2.98. The van der Waals surface area contributed by atoms with Gasteiger partial charge < -0.3 is 14.8 Å². The third-order valence-corrected chi connectivity index (χ3v) is 2.97. The van der Waals surface area contributed by atoms with Crippen molar-refractivity contribution in [2.45, 2.75) is 13.3 Å². The monoisotopic (exact) mass is 267 g/mol. The van der Waals surface area contributed by atoms with Gasteiger partial charge in [0.2, 0.25) is 0 Å². The number of likely N-dealkylation sites (N-methyl/N-ethyl adjacent to an activating group) is 1. The van der Waals surface area contributed by atoms with Crippen LogP contribution < -0.4 is 14.8 Å². The van der Waals surface area contributed by atoms with Gasteiger partial charge in [0.15, 0.2) is 11.5 Å². The van der Waals surface area contributed by atoms with Gasteiger partial charge in [-0.2, -0.15) is 0 Å². The Hall–Kier alpha value is -1.19. The van der Waals surface area contributed by atoms with Crippen LogP contribution in [0.25, 0.3) is 6.08 Å². The molecule has 1 heterocycles. The lowest BCUT2D eigenvalue weighted by Gasteiger charge is -2.10. The zero-order valence-corrected chi connectivity index (χ0v) is 11.5. The molecule has 0 aromatic heterocycles. The van der Waals surface area contributed by atoms with E-state index in [-0.39, 0.29) is 0 Å². The number of ether oxygens (including phenoxy) is 2. The van der Waals surface area contributed by atoms with E-state index in [1.54, 1.807) is 0 Å². The maximum atomic E-state index is 6.23. The first kappa shape index (κ1) is 13.2. The van der Waals surface area contributed by atoms with Crippen LogP contribution in [0.15, 0.2) is 17.7 Å². The van der Waals surface area contributed by atoms with Crippen molar-refractivity contribution in [2.24, 2.45) is 0 Å². The third-order valence-electron chi connectivity index (χ3n) is 2.69. The van der Waals surface area contributed by atoms with E-state index < -0.39 is 0 Å². The molecule has 1 aliphatic heterocycles. The van der Waals surface area contributed by atoms with Gasteiger partial charge in [-0.15, -0.1) is 0 Å². The summed E-state index contributed by atoms with van der Waals surface area (Å²) >= 11 is 6.23. The molecule has 0 spiro atoms. The second kappa shape index (κ2) is 6.12. The quantitative estimate of drug-likeness (QED) is 0.913. The van der Waals surface area contributed by atoms with Crippen molar-refractivity contribution in [1.82, 2.24) is 5.32 Å². The van der Waals surface area contributed by atoms with Crippen molar-refractivity contribution in [1.29, 1.82) is 0 Å². The van der Waals surface area contributed by atoms with Crippen LogP contribution in [-0.4, -0.2) is 26.8 Å². The number of rotatable bonds is 3. The van der Waals surface area contributed by atoms with Crippen molar-refractivity contribution in [2.75, 3.05) is 26.8 Å². The lowest BCUT2D eigenvalue weighted by atomic mass is 10.1. The molecule has 0 saturated carbocycles. The Morgan fingerprint density at radius 1 is 1.39 bits per heavy atom. The number of fused-ring (bicyclic) bond motifs is 1. The van der Waals surface area contributed by atoms with Gasteiger partial charge in [0.1, 0.15) is 0 Å². The molecule has 0 bridgehead atoms. The maximum Gasteiger partial charge on any atom is 0.179 e. The first-order chi connectivity index (χ1) is 8.70. The molecular formula is C14H18ClNO2. The normalized spacial score (nSPS) is 15.4. The zero-order chi connectivity index (χ0) is 13.0. The fourth-order valence-corrected chi connectivity index (χ4v) is 2.22. The molecule has 1 aliphatic rings. The van der Waals surface area contributed by atoms with E-state index in [9.17, 15) is 0 Å². The Balaban J connectivity index is 2.31. The van der Waals surface area contributed by atoms with E-state index in [1.807, 2.05) is 19.2 Å². The molecule has 0 amide bonds. The Bertz CT molecular complexity index is 457. The lowest BCUT2D eigenvalue weighted by Crippen LogP contribution is -2.08. The van der Waals surface area contributed by atoms with Gasteiger partial charge in [-0.1, -0.05) is 23.3 Å². The van der Waals surface area contributed by atoms with Crippen molar-refractivity contribution in [3.63, 3.8) is 0 Å². The number of benzene rings is 1. The largest absolute Gasteiger partial charge is 0.489 e. The average molecular weight is 268 g/mol. The SMILES string of the molecule is CNCC(C)=Cc1cc(Cl)c2c(c1)OCCCO2. The van der Waals surface area contributed by atoms with E-state index in [1.165, 1.54) is 5.57 Å². The molecule has 1 aromatic carbocycles. The number of hydrogen-bond donors (Lipinski definition) is 1. The van der Waals surface area contributed by atoms with Gasteiger partial charge >= 0.3 is 0 Å². The van der Waals surface area contributed by atoms with Crippen LogP contribution in [0, 0.1) is 0 Å². The minimum absolute atomic E-state index is 0.609. The first-order valence-corrected chi connectivity index (χ1v) is 6.49. The molecular weight excluding hydrogens is 250 g/mol. The highest BCUT2D eigenvalue weighted by atomic mass is 35.5. The summed E-state index contributed by atoms with van der Waals surface area (Å²) in [5.74, 6) is 1.40. The Kier molecular flexibility index (Phi) is 4.50. The van der Waals surface area contributed by atoms with E-state index >= 15 is 0 Å². The predicted molar refractivity (Wildman–Crippen MR) is 74.6 cm³/mol. The Labute approximate surface area is 113 Å². The highest BCUT2D eigenvalue weighted by Crippen LogP contribution is 2.38. The van der Waals surface area contributed by atoms with Gasteiger partial charge in [0.05, 0.1) is 18.2 Å². The molecule has 0 aliphatic carbocycles. The summed E-state index contributed by atoms with van der Waals surface area (Å²) in [7, 11) is 1.93. The van der Waals surface area contributed by atoms with E-state index in [0.717, 1.165) is 24.3 Å². The van der Waals surface area contributed by atoms with Crippen LogP contribution in [-0.2, 0) is 0 Å². The van der Waals surface area contributed by atoms with E-state index in [2.05, 4.69) is 18.3 Å². The smallest absolute Gasteiger partial charge is 0.179 e. The second-order valence-electron chi connectivity index (χ2n) is 4.40. The minimum Gasteiger partial charge on any atom is -0.489 e. The number of halogens is 1. The van der Waals surface area contributed by atoms with Gasteiger partial charge in [-0.05, 0) is 31.7 Å². The molecule has 18 heavy (non-hydrogen) atoms. The van der Waals surface area contributed by atoms with Gasteiger partial charge in [0.25, 0.3) is 0 Å². The van der Waals surface area contributed by atoms with Gasteiger partial charge in [-0.25, -0.2) is 0 Å². The van der Waals surface area contributed by atoms with Crippen LogP contribution in [0.3, 0.4) is 0 Å². The molecule has 0 unspecified atom stereocenters. The summed E-state index contributed by atoms with van der Waals surface area (Å²) in [6.45, 7) is 4.26. The molecule has 0 radical (unpaired) electrons. The minimum atomic E-state index is 0.609. The molecule has 3 nitrogen and oxygen atoms in total. The van der Waals surface area contributed by atoms with Crippen molar-refractivity contribution >= 4 is 17.7 Å². The van der Waals surface area contributed by atoms with Crippen LogP contribution in [0.5, 0.6) is 11.5 Å². The Morgan fingerprint density at radius 3 is 2.94 bits per heavy atom. The highest BCUT2D eigenvalue weighted by molar-refractivity contribution is 6.32. The molecule has 0 fully saturated rings. The summed E-state index contributed by atoms with van der Waals surface area (Å²) in [4.78, 5) is 0. The van der Waals surface area contributed by atoms with Crippen molar-refractivity contribution < 1.29 is 9.47 Å². The summed E-state index contributed by atoms with van der Waals surface area (Å²) in [6, 6.07) is 3.89. The number of hydrogen-bond acceptors (Lipinski definition) is 3. The topological polar surface area (TPSA) is 30.5 Å². The molecule has 1 aromatic rings. The summed E-state index contributed by atoms with van der Waals surface area (Å²) in [5.41, 5.74) is 2.28. The number of nitrogens with one attached hydrogen (secondary N) is 1. The molecule has 2 rings (SSSR count). The van der Waals surface area contributed by atoms with Crippen LogP contribution in [0.2, 0.25) is 5.02 Å². The second-order valence-corrected chi connectivity index (χ2v) is 4.81. The Morgan fingerprint density at radius 2 is 2.17 bits per heavy atom. The molecule has 4 heteroatoms. The standard InChI is InChI=1S/C14H18ClNO2/c1-10(9-16-2)6-11-7-12(15)14-13(8-11)17-4-3-5-18-14/h6-8,16H,3-5,9H2,1-2H3. The fourth-order valence-electron chi connectivity index (χ4n) is 1.95. The van der Waals surface area contributed by atoms with Gasteiger partial charge in [0, 0.05) is 13.0 Å². The van der Waals surface area contributed by atoms with Crippen molar-refractivity contribution in [3.05, 3.63) is 28.3 Å². The third kappa shape index (κ3) is 3.18. The van der Waals surface area contributed by atoms with Crippen LogP contribution in [0.1, 0.15) is 18.9 Å². The molecule has 1 N–H and O–H groups in total. The predicted octanol–water partition coefficient (Wildman–Crippen LogP) is 3.12. The van der Waals surface area contributed by atoms with E-state index in [0.29, 0.717) is 24.0 Å². The molecule has 0 saturated heterocycles. The van der Waals surface area contributed by atoms with Crippen LogP contribution in [0.4, 0.5) is 0 Å². The van der Waals surface area contributed by atoms with E-state index in [4.69, 9.17) is 21.1 Å². The summed E-state index contributed by atoms with van der Waals surface area (Å²) < 4.78 is 11.3. The van der Waals surface area contributed by atoms with Gasteiger partial charge in [-0.3, -0.25) is 0 Å². The zero-order valence-electron chi connectivity index (χ0n) is 10.8. The summed E-state index contributed by atoms with van der Waals surface area (Å²) in [5, 5.41) is 3.73. The average Bonchev–Trinajstić information content (AvgIpc) is 2.54. The fraction of sp³-hybridized carbons (Fsp3) is 0.429. The molecule has 98 valence electrons. The highest BCUT2D eigenvalue weighted by Gasteiger charge is 2.14.